The number of nitrogens with one attached hydrogen (secondary N) is 3. The van der Waals surface area contributed by atoms with Crippen LogP contribution in [0.1, 0.15) is 22.8 Å². The summed E-state index contributed by atoms with van der Waals surface area (Å²) in [4.78, 5) is 43.9. The summed E-state index contributed by atoms with van der Waals surface area (Å²) in [6, 6.07) is 28.9. The van der Waals surface area contributed by atoms with E-state index in [4.69, 9.17) is 4.74 Å². The number of thioether (sulfide) groups is 1. The Morgan fingerprint density at radius 1 is 0.891 bits per heavy atom. The molecule has 11 heteroatoms. The lowest BCUT2D eigenvalue weighted by atomic mass is 10.1. The van der Waals surface area contributed by atoms with E-state index in [0.717, 1.165) is 21.9 Å². The van der Waals surface area contributed by atoms with E-state index in [1.54, 1.807) is 60.7 Å². The van der Waals surface area contributed by atoms with Gasteiger partial charge >= 0.3 is 0 Å². The first-order chi connectivity index (χ1) is 22.4. The molecule has 0 atom stereocenters. The zero-order valence-electron chi connectivity index (χ0n) is 24.7. The van der Waals surface area contributed by atoms with Crippen molar-refractivity contribution in [2.75, 3.05) is 23.0 Å². The lowest BCUT2D eigenvalue weighted by Crippen LogP contribution is -2.30. The number of rotatable bonds is 12. The molecule has 3 amide bonds. The van der Waals surface area contributed by atoms with Gasteiger partial charge in [0.2, 0.25) is 5.91 Å². The zero-order valence-corrected chi connectivity index (χ0v) is 26.3. The van der Waals surface area contributed by atoms with E-state index >= 15 is 0 Å². The highest BCUT2D eigenvalue weighted by Crippen LogP contribution is 2.27. The lowest BCUT2D eigenvalue weighted by Gasteiger charge is -2.12. The second-order valence-electron chi connectivity index (χ2n) is 9.71. The van der Waals surface area contributed by atoms with Gasteiger partial charge in [-0.05, 0) is 79.7 Å². The molecule has 0 aliphatic heterocycles. The summed E-state index contributed by atoms with van der Waals surface area (Å²) in [5, 5.41) is 10.6. The minimum Gasteiger partial charge on any atom is -0.494 e. The van der Waals surface area contributed by atoms with Gasteiger partial charge in [0.25, 0.3) is 11.8 Å². The Kier molecular flexibility index (Phi) is 10.9. The number of ether oxygens (including phenoxy) is 1. The number of benzene rings is 4. The fourth-order valence-electron chi connectivity index (χ4n) is 4.18. The Morgan fingerprint density at radius 2 is 1.61 bits per heavy atom. The Bertz CT molecular complexity index is 1840. The van der Waals surface area contributed by atoms with Crippen molar-refractivity contribution in [3.05, 3.63) is 131 Å². The number of thiazole rings is 1. The fourth-order valence-corrected chi connectivity index (χ4v) is 5.61. The number of carbonyl (C=O) groups is 3. The van der Waals surface area contributed by atoms with Crippen LogP contribution in [0.3, 0.4) is 0 Å². The summed E-state index contributed by atoms with van der Waals surface area (Å²) in [7, 11) is 0. The molecule has 0 saturated carbocycles. The van der Waals surface area contributed by atoms with Crippen molar-refractivity contribution in [2.24, 2.45) is 0 Å². The van der Waals surface area contributed by atoms with Crippen molar-refractivity contribution in [3.63, 3.8) is 0 Å². The SMILES string of the molecule is CCOc1ccc(-c2csc(NC(=O)CSc3ccc(NC(=O)/C(=C/c4ccccc4F)NC(=O)c4ccccc4)cc3)n2)cc1. The summed E-state index contributed by atoms with van der Waals surface area (Å²) >= 11 is 2.68. The van der Waals surface area contributed by atoms with Gasteiger partial charge in [0.1, 0.15) is 17.3 Å². The van der Waals surface area contributed by atoms with Crippen LogP contribution in [0.2, 0.25) is 0 Å². The molecule has 1 heterocycles. The minimum atomic E-state index is -0.625. The monoisotopic (exact) mass is 652 g/mol. The normalized spacial score (nSPS) is 11.0. The molecule has 4 aromatic carbocycles. The lowest BCUT2D eigenvalue weighted by molar-refractivity contribution is -0.114. The van der Waals surface area contributed by atoms with Gasteiger partial charge in [-0.3, -0.25) is 14.4 Å². The van der Waals surface area contributed by atoms with E-state index in [1.165, 1.54) is 47.4 Å². The van der Waals surface area contributed by atoms with Crippen LogP contribution in [0.5, 0.6) is 5.75 Å². The van der Waals surface area contributed by atoms with Gasteiger partial charge in [0.15, 0.2) is 5.13 Å². The third kappa shape index (κ3) is 8.90. The number of amides is 3. The number of hydrogen-bond donors (Lipinski definition) is 3. The summed E-state index contributed by atoms with van der Waals surface area (Å²) in [5.74, 6) is -0.919. The standard InChI is InChI=1S/C35H29FN4O4S2/c1-2-44-27-16-12-23(13-17-27)31-21-46-35(39-31)40-32(41)22-45-28-18-14-26(15-19-28)37-34(43)30(20-25-10-6-7-11-29(25)36)38-33(42)24-8-4-3-5-9-24/h3-21H,2,22H2,1H3,(H,37,43)(H,38,42)(H,39,40,41)/b30-20-. The molecule has 0 unspecified atom stereocenters. The van der Waals surface area contributed by atoms with Crippen LogP contribution >= 0.6 is 23.1 Å². The number of anilines is 2. The summed E-state index contributed by atoms with van der Waals surface area (Å²) in [5.41, 5.74) is 2.52. The Hall–Kier alpha value is -5.26. The summed E-state index contributed by atoms with van der Waals surface area (Å²) in [6.07, 6.45) is 1.29. The molecule has 0 fully saturated rings. The molecular weight excluding hydrogens is 624 g/mol. The molecule has 5 aromatic rings. The van der Waals surface area contributed by atoms with E-state index in [9.17, 15) is 18.8 Å². The first kappa shape index (κ1) is 32.1. The van der Waals surface area contributed by atoms with E-state index in [0.29, 0.717) is 23.0 Å². The predicted molar refractivity (Wildman–Crippen MR) is 181 cm³/mol. The molecule has 0 aliphatic carbocycles. The van der Waals surface area contributed by atoms with Crippen LogP contribution in [-0.4, -0.2) is 35.1 Å². The fraction of sp³-hybridized carbons (Fsp3) is 0.0857. The number of halogens is 1. The molecule has 46 heavy (non-hydrogen) atoms. The van der Waals surface area contributed by atoms with Gasteiger partial charge in [-0.2, -0.15) is 0 Å². The van der Waals surface area contributed by atoms with Gasteiger partial charge in [-0.1, -0.05) is 36.4 Å². The van der Waals surface area contributed by atoms with Crippen molar-refractivity contribution in [1.29, 1.82) is 0 Å². The second kappa shape index (κ2) is 15.6. The van der Waals surface area contributed by atoms with Crippen LogP contribution in [-0.2, 0) is 9.59 Å². The quantitative estimate of drug-likeness (QED) is 0.0952. The van der Waals surface area contributed by atoms with Crippen molar-refractivity contribution >= 4 is 57.7 Å². The van der Waals surface area contributed by atoms with Crippen LogP contribution in [0.25, 0.3) is 17.3 Å². The van der Waals surface area contributed by atoms with Gasteiger partial charge in [0.05, 0.1) is 18.1 Å². The molecule has 0 saturated heterocycles. The maximum Gasteiger partial charge on any atom is 0.272 e. The molecule has 5 rings (SSSR count). The maximum atomic E-state index is 14.4. The minimum absolute atomic E-state index is 0.123. The van der Waals surface area contributed by atoms with E-state index < -0.39 is 17.6 Å². The van der Waals surface area contributed by atoms with Crippen LogP contribution < -0.4 is 20.7 Å². The van der Waals surface area contributed by atoms with Gasteiger partial charge in [0, 0.05) is 32.7 Å². The van der Waals surface area contributed by atoms with Crippen LogP contribution in [0.4, 0.5) is 15.2 Å². The molecule has 1 aromatic heterocycles. The van der Waals surface area contributed by atoms with Gasteiger partial charge < -0.3 is 20.7 Å². The smallest absolute Gasteiger partial charge is 0.272 e. The topological polar surface area (TPSA) is 109 Å². The molecule has 232 valence electrons. The molecule has 8 nitrogen and oxygen atoms in total. The van der Waals surface area contributed by atoms with Crippen molar-refractivity contribution in [1.82, 2.24) is 10.3 Å². The van der Waals surface area contributed by atoms with Crippen molar-refractivity contribution < 1.29 is 23.5 Å². The molecule has 3 N–H and O–H groups in total. The van der Waals surface area contributed by atoms with Crippen molar-refractivity contribution in [2.45, 2.75) is 11.8 Å². The average Bonchev–Trinajstić information content (AvgIpc) is 3.54. The summed E-state index contributed by atoms with van der Waals surface area (Å²) < 4.78 is 19.9. The average molecular weight is 653 g/mol. The molecule has 0 bridgehead atoms. The molecule has 0 spiro atoms. The van der Waals surface area contributed by atoms with Gasteiger partial charge in [-0.15, -0.1) is 23.1 Å². The number of nitrogens with zero attached hydrogens (tertiary/aromatic N) is 1. The molecule has 0 radical (unpaired) electrons. The maximum absolute atomic E-state index is 14.4. The number of carbonyl (C=O) groups excluding carboxylic acids is 3. The molecular formula is C35H29FN4O4S2. The van der Waals surface area contributed by atoms with Crippen LogP contribution in [0, 0.1) is 5.82 Å². The van der Waals surface area contributed by atoms with E-state index in [1.807, 2.05) is 36.6 Å². The highest BCUT2D eigenvalue weighted by molar-refractivity contribution is 8.00. The zero-order chi connectivity index (χ0) is 32.3. The van der Waals surface area contributed by atoms with Crippen LogP contribution in [0.15, 0.2) is 119 Å². The Labute approximate surface area is 273 Å². The third-order valence-corrected chi connectivity index (χ3v) is 8.20. The Balaban J connectivity index is 1.17. The highest BCUT2D eigenvalue weighted by Gasteiger charge is 2.16. The largest absolute Gasteiger partial charge is 0.494 e. The Morgan fingerprint density at radius 3 is 2.33 bits per heavy atom. The first-order valence-electron chi connectivity index (χ1n) is 14.2. The van der Waals surface area contributed by atoms with Crippen molar-refractivity contribution in [3.8, 4) is 17.0 Å². The molecule has 0 aliphatic rings. The van der Waals surface area contributed by atoms with E-state index in [-0.39, 0.29) is 22.9 Å². The van der Waals surface area contributed by atoms with Gasteiger partial charge in [-0.25, -0.2) is 9.37 Å². The first-order valence-corrected chi connectivity index (χ1v) is 16.1. The third-order valence-electron chi connectivity index (χ3n) is 6.43. The number of hydrogen-bond acceptors (Lipinski definition) is 7. The predicted octanol–water partition coefficient (Wildman–Crippen LogP) is 7.49. The van der Waals surface area contributed by atoms with E-state index in [2.05, 4.69) is 20.9 Å². The summed E-state index contributed by atoms with van der Waals surface area (Å²) in [6.45, 7) is 2.53. The highest BCUT2D eigenvalue weighted by atomic mass is 32.2. The number of aromatic nitrogens is 1. The second-order valence-corrected chi connectivity index (χ2v) is 11.6.